The zero-order valence-corrected chi connectivity index (χ0v) is 11.2. The Labute approximate surface area is 120 Å². The molecule has 2 aromatic carbocycles. The van der Waals surface area contributed by atoms with E-state index in [0.717, 1.165) is 35.4 Å². The number of para-hydroxylation sites is 1. The van der Waals surface area contributed by atoms with Crippen LogP contribution in [0, 0.1) is 0 Å². The van der Waals surface area contributed by atoms with E-state index in [-0.39, 0.29) is 6.10 Å². The lowest BCUT2D eigenvalue weighted by Gasteiger charge is -2.12. The molecule has 2 N–H and O–H groups in total. The lowest BCUT2D eigenvalue weighted by molar-refractivity contribution is -0.137. The largest absolute Gasteiger partial charge is 0.488 e. The highest BCUT2D eigenvalue weighted by atomic mass is 19.4. The van der Waals surface area contributed by atoms with Gasteiger partial charge in [-0.15, -0.1) is 0 Å². The van der Waals surface area contributed by atoms with Crippen molar-refractivity contribution in [2.24, 2.45) is 5.73 Å². The molecule has 1 unspecified atom stereocenters. The van der Waals surface area contributed by atoms with Gasteiger partial charge in [0.25, 0.3) is 0 Å². The first-order valence-electron chi connectivity index (χ1n) is 6.65. The van der Waals surface area contributed by atoms with Crippen LogP contribution in [0.4, 0.5) is 13.2 Å². The topological polar surface area (TPSA) is 35.2 Å². The highest BCUT2D eigenvalue weighted by molar-refractivity contribution is 5.73. The maximum absolute atomic E-state index is 12.6. The zero-order chi connectivity index (χ0) is 15.0. The molecule has 0 fully saturated rings. The van der Waals surface area contributed by atoms with Gasteiger partial charge in [0.05, 0.1) is 5.56 Å². The van der Waals surface area contributed by atoms with Gasteiger partial charge in [-0.05, 0) is 23.3 Å². The predicted octanol–water partition coefficient (Wildman–Crippen LogP) is 3.63. The first-order chi connectivity index (χ1) is 9.99. The summed E-state index contributed by atoms with van der Waals surface area (Å²) in [6, 6.07) is 10.8. The Morgan fingerprint density at radius 2 is 1.81 bits per heavy atom. The van der Waals surface area contributed by atoms with Crippen molar-refractivity contribution >= 4 is 0 Å². The number of benzene rings is 2. The van der Waals surface area contributed by atoms with E-state index in [9.17, 15) is 13.2 Å². The second kappa shape index (κ2) is 5.07. The summed E-state index contributed by atoms with van der Waals surface area (Å²) in [6.45, 7) is 0.418. The Bertz CT molecular complexity index is 650. The van der Waals surface area contributed by atoms with Crippen molar-refractivity contribution in [2.75, 3.05) is 6.54 Å². The smallest absolute Gasteiger partial charge is 0.416 e. The fourth-order valence-electron chi connectivity index (χ4n) is 2.54. The lowest BCUT2D eigenvalue weighted by atomic mass is 9.99. The van der Waals surface area contributed by atoms with Gasteiger partial charge in [-0.3, -0.25) is 0 Å². The van der Waals surface area contributed by atoms with E-state index >= 15 is 0 Å². The van der Waals surface area contributed by atoms with Crippen molar-refractivity contribution in [3.63, 3.8) is 0 Å². The molecule has 1 atom stereocenters. The standard InChI is InChI=1S/C16H14F3NO/c17-16(18,19)12-6-4-10(5-7-12)14-3-1-2-11-8-13(9-20)21-15(11)14/h1-7,13H,8-9,20H2. The molecule has 0 radical (unpaired) electrons. The fraction of sp³-hybridized carbons (Fsp3) is 0.250. The molecule has 3 rings (SSSR count). The Balaban J connectivity index is 1.98. The van der Waals surface area contributed by atoms with E-state index in [4.69, 9.17) is 10.5 Å². The van der Waals surface area contributed by atoms with Crippen molar-refractivity contribution in [3.8, 4) is 16.9 Å². The van der Waals surface area contributed by atoms with Gasteiger partial charge < -0.3 is 10.5 Å². The molecule has 5 heteroatoms. The van der Waals surface area contributed by atoms with Crippen LogP contribution in [0.3, 0.4) is 0 Å². The third kappa shape index (κ3) is 2.61. The Hall–Kier alpha value is -2.01. The molecule has 0 saturated carbocycles. The quantitative estimate of drug-likeness (QED) is 0.917. The van der Waals surface area contributed by atoms with E-state index in [0.29, 0.717) is 12.1 Å². The van der Waals surface area contributed by atoms with Crippen LogP contribution in [0.25, 0.3) is 11.1 Å². The van der Waals surface area contributed by atoms with E-state index in [1.165, 1.54) is 12.1 Å². The average molecular weight is 293 g/mol. The molecule has 1 heterocycles. The summed E-state index contributed by atoms with van der Waals surface area (Å²) >= 11 is 0. The van der Waals surface area contributed by atoms with Gasteiger partial charge in [0.1, 0.15) is 11.9 Å². The van der Waals surface area contributed by atoms with Gasteiger partial charge in [0, 0.05) is 18.5 Å². The normalized spacial score (nSPS) is 17.4. The average Bonchev–Trinajstić information content (AvgIpc) is 2.89. The van der Waals surface area contributed by atoms with Crippen molar-refractivity contribution in [1.82, 2.24) is 0 Å². The molecule has 1 aliphatic heterocycles. The molecule has 0 saturated heterocycles. The lowest BCUT2D eigenvalue weighted by Crippen LogP contribution is -2.24. The summed E-state index contributed by atoms with van der Waals surface area (Å²) in [5.74, 6) is 0.729. The number of nitrogens with two attached hydrogens (primary N) is 1. The van der Waals surface area contributed by atoms with Crippen LogP contribution < -0.4 is 10.5 Å². The number of hydrogen-bond acceptors (Lipinski definition) is 2. The van der Waals surface area contributed by atoms with Crippen LogP contribution in [-0.4, -0.2) is 12.6 Å². The van der Waals surface area contributed by atoms with Crippen LogP contribution in [-0.2, 0) is 12.6 Å². The second-order valence-corrected chi connectivity index (χ2v) is 5.05. The summed E-state index contributed by atoms with van der Waals surface area (Å²) in [4.78, 5) is 0. The van der Waals surface area contributed by atoms with Gasteiger partial charge in [0.15, 0.2) is 0 Å². The summed E-state index contributed by atoms with van der Waals surface area (Å²) in [5.41, 5.74) is 7.52. The molecule has 2 nitrogen and oxygen atoms in total. The summed E-state index contributed by atoms with van der Waals surface area (Å²) in [6.07, 6.45) is -3.64. The van der Waals surface area contributed by atoms with Gasteiger partial charge >= 0.3 is 6.18 Å². The monoisotopic (exact) mass is 293 g/mol. The van der Waals surface area contributed by atoms with Gasteiger partial charge in [-0.25, -0.2) is 0 Å². The summed E-state index contributed by atoms with van der Waals surface area (Å²) in [7, 11) is 0. The highest BCUT2D eigenvalue weighted by Crippen LogP contribution is 2.39. The molecule has 0 aromatic heterocycles. The van der Waals surface area contributed by atoms with E-state index < -0.39 is 11.7 Å². The molecular formula is C16H14F3NO. The molecule has 0 aliphatic carbocycles. The summed E-state index contributed by atoms with van der Waals surface area (Å²) < 4.78 is 43.6. The van der Waals surface area contributed by atoms with E-state index in [1.807, 2.05) is 18.2 Å². The number of ether oxygens (including phenoxy) is 1. The Morgan fingerprint density at radius 1 is 1.10 bits per heavy atom. The Kier molecular flexibility index (Phi) is 3.37. The van der Waals surface area contributed by atoms with Crippen LogP contribution >= 0.6 is 0 Å². The predicted molar refractivity (Wildman–Crippen MR) is 74.1 cm³/mol. The van der Waals surface area contributed by atoms with Crippen LogP contribution in [0.2, 0.25) is 0 Å². The molecular weight excluding hydrogens is 279 g/mol. The second-order valence-electron chi connectivity index (χ2n) is 5.05. The SMILES string of the molecule is NCC1Cc2cccc(-c3ccc(C(F)(F)F)cc3)c2O1. The maximum Gasteiger partial charge on any atom is 0.416 e. The molecule has 0 spiro atoms. The molecule has 110 valence electrons. The maximum atomic E-state index is 12.6. The van der Waals surface area contributed by atoms with Crippen LogP contribution in [0.15, 0.2) is 42.5 Å². The minimum Gasteiger partial charge on any atom is -0.488 e. The van der Waals surface area contributed by atoms with E-state index in [2.05, 4.69) is 0 Å². The van der Waals surface area contributed by atoms with E-state index in [1.54, 1.807) is 0 Å². The highest BCUT2D eigenvalue weighted by Gasteiger charge is 2.30. The molecule has 0 bridgehead atoms. The van der Waals surface area contributed by atoms with Crippen LogP contribution in [0.1, 0.15) is 11.1 Å². The van der Waals surface area contributed by atoms with Crippen molar-refractivity contribution < 1.29 is 17.9 Å². The van der Waals surface area contributed by atoms with Gasteiger partial charge in [0.2, 0.25) is 0 Å². The minimum atomic E-state index is -4.32. The summed E-state index contributed by atoms with van der Waals surface area (Å²) in [5, 5.41) is 0. The third-order valence-corrected chi connectivity index (χ3v) is 3.61. The van der Waals surface area contributed by atoms with Gasteiger partial charge in [-0.2, -0.15) is 13.2 Å². The zero-order valence-electron chi connectivity index (χ0n) is 11.2. The van der Waals surface area contributed by atoms with Crippen molar-refractivity contribution in [3.05, 3.63) is 53.6 Å². The van der Waals surface area contributed by atoms with Crippen LogP contribution in [0.5, 0.6) is 5.75 Å². The number of rotatable bonds is 2. The molecule has 2 aromatic rings. The number of fused-ring (bicyclic) bond motifs is 1. The molecule has 0 amide bonds. The van der Waals surface area contributed by atoms with Crippen molar-refractivity contribution in [1.29, 1.82) is 0 Å². The molecule has 1 aliphatic rings. The first kappa shape index (κ1) is 13.9. The first-order valence-corrected chi connectivity index (χ1v) is 6.65. The fourth-order valence-corrected chi connectivity index (χ4v) is 2.54. The molecule has 21 heavy (non-hydrogen) atoms. The van der Waals surface area contributed by atoms with Crippen molar-refractivity contribution in [2.45, 2.75) is 18.7 Å². The number of alkyl halides is 3. The third-order valence-electron chi connectivity index (χ3n) is 3.61. The number of halogens is 3. The minimum absolute atomic E-state index is 0.0596. The number of hydrogen-bond donors (Lipinski definition) is 1. The van der Waals surface area contributed by atoms with Gasteiger partial charge in [-0.1, -0.05) is 30.3 Å². The Morgan fingerprint density at radius 3 is 2.43 bits per heavy atom.